The number of carbonyl (C=O) groups is 2. The summed E-state index contributed by atoms with van der Waals surface area (Å²) in [5.74, 6) is 0.375. The van der Waals surface area contributed by atoms with Gasteiger partial charge >= 0.3 is 0 Å². The van der Waals surface area contributed by atoms with Crippen molar-refractivity contribution in [1.29, 1.82) is 0 Å². The highest BCUT2D eigenvalue weighted by Gasteiger charge is 2.12. The van der Waals surface area contributed by atoms with Gasteiger partial charge in [0.25, 0.3) is 0 Å². The van der Waals surface area contributed by atoms with Gasteiger partial charge in [-0.2, -0.15) is 0 Å². The van der Waals surface area contributed by atoms with Gasteiger partial charge in [-0.3, -0.25) is 9.59 Å². The van der Waals surface area contributed by atoms with E-state index >= 15 is 0 Å². The molecule has 0 heterocycles. The van der Waals surface area contributed by atoms with Crippen LogP contribution >= 0.6 is 15.9 Å². The third-order valence-electron chi connectivity index (χ3n) is 2.29. The van der Waals surface area contributed by atoms with Crippen molar-refractivity contribution in [2.24, 2.45) is 5.92 Å². The van der Waals surface area contributed by atoms with Gasteiger partial charge in [0.1, 0.15) is 0 Å². The molecule has 1 N–H and O–H groups in total. The van der Waals surface area contributed by atoms with Crippen LogP contribution in [-0.2, 0) is 9.59 Å². The quantitative estimate of drug-likeness (QED) is 0.549. The Hall–Kier alpha value is -0.580. The van der Waals surface area contributed by atoms with Gasteiger partial charge in [-0.15, -0.1) is 0 Å². The van der Waals surface area contributed by atoms with Crippen LogP contribution in [0.1, 0.15) is 33.1 Å². The zero-order valence-corrected chi connectivity index (χ0v) is 12.5. The third-order valence-corrected chi connectivity index (χ3v) is 2.85. The van der Waals surface area contributed by atoms with Crippen molar-refractivity contribution in [3.05, 3.63) is 0 Å². The number of nitrogens with one attached hydrogen (secondary N) is 1. The molecule has 17 heavy (non-hydrogen) atoms. The average Bonchev–Trinajstić information content (AvgIpc) is 2.26. The second-order valence-corrected chi connectivity index (χ2v) is 5.39. The number of amides is 2. The van der Waals surface area contributed by atoms with Crippen molar-refractivity contribution in [1.82, 2.24) is 10.2 Å². The topological polar surface area (TPSA) is 49.4 Å². The van der Waals surface area contributed by atoms with Gasteiger partial charge in [-0.05, 0) is 18.8 Å². The van der Waals surface area contributed by atoms with E-state index < -0.39 is 0 Å². The third kappa shape index (κ3) is 9.15. The van der Waals surface area contributed by atoms with Crippen LogP contribution in [0.25, 0.3) is 0 Å². The smallest absolute Gasteiger partial charge is 0.239 e. The lowest BCUT2D eigenvalue weighted by Crippen LogP contribution is -2.39. The molecular formula is C12H23BrN2O2. The number of unbranched alkanes of at least 4 members (excludes halogenated alkanes) is 1. The molecule has 0 aliphatic heterocycles. The van der Waals surface area contributed by atoms with E-state index in [1.54, 1.807) is 7.05 Å². The van der Waals surface area contributed by atoms with Crippen LogP contribution in [0.15, 0.2) is 0 Å². The molecular weight excluding hydrogens is 284 g/mol. The van der Waals surface area contributed by atoms with Crippen molar-refractivity contribution in [3.63, 3.8) is 0 Å². The maximum absolute atomic E-state index is 11.6. The van der Waals surface area contributed by atoms with Crippen LogP contribution in [-0.4, -0.2) is 42.2 Å². The number of halogens is 1. The number of alkyl halides is 1. The Balaban J connectivity index is 3.78. The van der Waals surface area contributed by atoms with Crippen molar-refractivity contribution in [3.8, 4) is 0 Å². The predicted octanol–water partition coefficient (Wildman–Crippen LogP) is 1.78. The maximum Gasteiger partial charge on any atom is 0.239 e. The largest absolute Gasteiger partial charge is 0.354 e. The minimum absolute atomic E-state index is 0.0330. The molecule has 100 valence electrons. The summed E-state index contributed by atoms with van der Waals surface area (Å²) in [4.78, 5) is 24.6. The van der Waals surface area contributed by atoms with Gasteiger partial charge in [-0.25, -0.2) is 0 Å². The molecule has 0 aromatic heterocycles. The van der Waals surface area contributed by atoms with E-state index in [9.17, 15) is 9.59 Å². The molecule has 5 heteroatoms. The summed E-state index contributed by atoms with van der Waals surface area (Å²) < 4.78 is 0. The average molecular weight is 307 g/mol. The molecule has 2 amide bonds. The predicted molar refractivity (Wildman–Crippen MR) is 73.1 cm³/mol. The van der Waals surface area contributed by atoms with E-state index in [0.717, 1.165) is 18.2 Å². The lowest BCUT2D eigenvalue weighted by atomic mass is 10.2. The molecule has 0 aromatic rings. The van der Waals surface area contributed by atoms with Crippen LogP contribution in [0.3, 0.4) is 0 Å². The van der Waals surface area contributed by atoms with Gasteiger partial charge in [0, 0.05) is 25.3 Å². The van der Waals surface area contributed by atoms with E-state index in [1.165, 1.54) is 4.90 Å². The lowest BCUT2D eigenvalue weighted by molar-refractivity contribution is -0.134. The fraction of sp³-hybridized carbons (Fsp3) is 0.833. The molecule has 0 aliphatic rings. The Morgan fingerprint density at radius 1 is 1.29 bits per heavy atom. The van der Waals surface area contributed by atoms with Crippen LogP contribution in [0.2, 0.25) is 0 Å². The first-order chi connectivity index (χ1) is 7.97. The molecule has 0 rings (SSSR count). The maximum atomic E-state index is 11.6. The summed E-state index contributed by atoms with van der Waals surface area (Å²) in [6.45, 7) is 4.88. The molecule has 0 saturated heterocycles. The SMILES string of the molecule is CC(C)CNC(=O)CN(C)C(=O)CCCCBr. The Morgan fingerprint density at radius 3 is 2.47 bits per heavy atom. The van der Waals surface area contributed by atoms with Gasteiger partial charge in [-0.1, -0.05) is 29.8 Å². The first-order valence-electron chi connectivity index (χ1n) is 6.04. The summed E-state index contributed by atoms with van der Waals surface area (Å²) in [6.07, 6.45) is 2.36. The van der Waals surface area contributed by atoms with E-state index in [1.807, 2.05) is 13.8 Å². The monoisotopic (exact) mass is 306 g/mol. The zero-order valence-electron chi connectivity index (χ0n) is 11.0. The van der Waals surface area contributed by atoms with Crippen molar-refractivity contribution in [2.75, 3.05) is 25.5 Å². The molecule has 0 fully saturated rings. The number of hydrogen-bond acceptors (Lipinski definition) is 2. The van der Waals surface area contributed by atoms with Gasteiger partial charge in [0.2, 0.25) is 11.8 Å². The fourth-order valence-electron chi connectivity index (χ4n) is 1.24. The lowest BCUT2D eigenvalue weighted by Gasteiger charge is -2.17. The van der Waals surface area contributed by atoms with Crippen molar-refractivity contribution >= 4 is 27.7 Å². The standard InChI is InChI=1S/C12H23BrN2O2/c1-10(2)8-14-11(16)9-15(3)12(17)6-4-5-7-13/h10H,4-9H2,1-3H3,(H,14,16). The summed E-state index contributed by atoms with van der Waals surface area (Å²) in [6, 6.07) is 0. The minimum atomic E-state index is -0.0879. The first-order valence-corrected chi connectivity index (χ1v) is 7.16. The summed E-state index contributed by atoms with van der Waals surface area (Å²) in [7, 11) is 1.67. The number of rotatable bonds is 8. The summed E-state index contributed by atoms with van der Waals surface area (Å²) >= 11 is 3.32. The summed E-state index contributed by atoms with van der Waals surface area (Å²) in [5, 5.41) is 3.71. The molecule has 0 radical (unpaired) electrons. The normalized spacial score (nSPS) is 10.4. The highest BCUT2D eigenvalue weighted by Crippen LogP contribution is 2.01. The number of likely N-dealkylation sites (N-methyl/N-ethyl adjacent to an activating group) is 1. The molecule has 4 nitrogen and oxygen atoms in total. The molecule has 0 aliphatic carbocycles. The second kappa shape index (κ2) is 9.45. The Kier molecular flexibility index (Phi) is 9.13. The molecule has 0 unspecified atom stereocenters. The molecule has 0 aromatic carbocycles. The van der Waals surface area contributed by atoms with E-state index in [0.29, 0.717) is 18.9 Å². The van der Waals surface area contributed by atoms with Crippen LogP contribution in [0.5, 0.6) is 0 Å². The van der Waals surface area contributed by atoms with E-state index in [-0.39, 0.29) is 18.4 Å². The Bertz CT molecular complexity index is 245. The molecule has 0 saturated carbocycles. The summed E-state index contributed by atoms with van der Waals surface area (Å²) in [5.41, 5.74) is 0. The van der Waals surface area contributed by atoms with Crippen molar-refractivity contribution < 1.29 is 9.59 Å². The fourth-order valence-corrected chi connectivity index (χ4v) is 1.64. The van der Waals surface area contributed by atoms with Crippen molar-refractivity contribution in [2.45, 2.75) is 33.1 Å². The van der Waals surface area contributed by atoms with E-state index in [2.05, 4.69) is 21.2 Å². The van der Waals surface area contributed by atoms with Crippen LogP contribution in [0, 0.1) is 5.92 Å². The number of nitrogens with zero attached hydrogens (tertiary/aromatic N) is 1. The van der Waals surface area contributed by atoms with E-state index in [4.69, 9.17) is 0 Å². The molecule has 0 spiro atoms. The van der Waals surface area contributed by atoms with Gasteiger partial charge in [0.05, 0.1) is 6.54 Å². The van der Waals surface area contributed by atoms with Gasteiger partial charge in [0.15, 0.2) is 0 Å². The Labute approximate surface area is 112 Å². The minimum Gasteiger partial charge on any atom is -0.354 e. The number of hydrogen-bond donors (Lipinski definition) is 1. The highest BCUT2D eigenvalue weighted by molar-refractivity contribution is 9.09. The molecule has 0 atom stereocenters. The van der Waals surface area contributed by atoms with Crippen LogP contribution < -0.4 is 5.32 Å². The number of carbonyl (C=O) groups excluding carboxylic acids is 2. The first kappa shape index (κ1) is 16.4. The van der Waals surface area contributed by atoms with Gasteiger partial charge < -0.3 is 10.2 Å². The highest BCUT2D eigenvalue weighted by atomic mass is 79.9. The zero-order chi connectivity index (χ0) is 13.3. The van der Waals surface area contributed by atoms with Crippen LogP contribution in [0.4, 0.5) is 0 Å². The Morgan fingerprint density at radius 2 is 1.94 bits per heavy atom. The molecule has 0 bridgehead atoms. The second-order valence-electron chi connectivity index (χ2n) is 4.59.